The van der Waals surface area contributed by atoms with Crippen LogP contribution in [0, 0.1) is 5.41 Å². The van der Waals surface area contributed by atoms with Crippen molar-refractivity contribution in [1.29, 1.82) is 0 Å². The number of nitrogens with one attached hydrogen (secondary N) is 2. The molecular formula is C19H37N5O5. The number of piperazine rings is 1. The maximum atomic E-state index is 13.1. The summed E-state index contributed by atoms with van der Waals surface area (Å²) >= 11 is 0. The second kappa shape index (κ2) is 10.6. The number of nitrogens with zero attached hydrogens (tertiary/aromatic N) is 2. The molecule has 0 radical (unpaired) electrons. The summed E-state index contributed by atoms with van der Waals surface area (Å²) in [6.45, 7) is 10.6. The molecule has 2 aliphatic rings. The maximum absolute atomic E-state index is 13.1. The van der Waals surface area contributed by atoms with Crippen molar-refractivity contribution >= 4 is 11.8 Å². The first-order chi connectivity index (χ1) is 13.6. The molecule has 2 heterocycles. The number of carbonyl (C=O) groups excluding carboxylic acids is 2. The van der Waals surface area contributed by atoms with Crippen LogP contribution in [0.5, 0.6) is 0 Å². The SMILES string of the molecule is CC(C)(C)[C@H](NC(=O)COCCN1CCNCC1)C(=O)N1C[C@H](O)C[C@H]1C(N)O. The molecule has 168 valence electrons. The molecule has 0 aromatic heterocycles. The lowest BCUT2D eigenvalue weighted by atomic mass is 9.85. The van der Waals surface area contributed by atoms with E-state index in [1.54, 1.807) is 0 Å². The zero-order chi connectivity index (χ0) is 21.6. The Balaban J connectivity index is 1.87. The van der Waals surface area contributed by atoms with Gasteiger partial charge >= 0.3 is 0 Å². The standard InChI is InChI=1S/C19H37N5O5/c1-19(2,3)16(18(28)24-11-13(25)10-14(24)17(20)27)22-15(26)12-29-9-8-23-6-4-21-5-7-23/h13-14,16-17,21,25,27H,4-12,20H2,1-3H3,(H,22,26)/t13-,14+,16-,17?/m1/s1. The van der Waals surface area contributed by atoms with E-state index in [9.17, 15) is 19.8 Å². The number of hydrogen-bond donors (Lipinski definition) is 5. The Hall–Kier alpha value is -1.30. The molecule has 2 fully saturated rings. The van der Waals surface area contributed by atoms with Gasteiger partial charge in [-0.3, -0.25) is 14.5 Å². The molecule has 29 heavy (non-hydrogen) atoms. The number of carbonyl (C=O) groups is 2. The number of likely N-dealkylation sites (tertiary alicyclic amines) is 1. The number of ether oxygens (including phenoxy) is 1. The Morgan fingerprint density at radius 2 is 1.97 bits per heavy atom. The van der Waals surface area contributed by atoms with E-state index in [0.29, 0.717) is 6.61 Å². The van der Waals surface area contributed by atoms with Gasteiger partial charge in [-0.05, 0) is 11.8 Å². The third-order valence-electron chi connectivity index (χ3n) is 5.41. The third-order valence-corrected chi connectivity index (χ3v) is 5.41. The number of amides is 2. The molecule has 0 bridgehead atoms. The quantitative estimate of drug-likeness (QED) is 0.220. The van der Waals surface area contributed by atoms with Gasteiger partial charge in [0.05, 0.1) is 18.8 Å². The van der Waals surface area contributed by atoms with E-state index >= 15 is 0 Å². The van der Waals surface area contributed by atoms with Crippen LogP contribution in [-0.4, -0.2) is 109 Å². The van der Waals surface area contributed by atoms with Crippen LogP contribution < -0.4 is 16.4 Å². The third kappa shape index (κ3) is 7.16. The van der Waals surface area contributed by atoms with Crippen LogP contribution in [0.3, 0.4) is 0 Å². The summed E-state index contributed by atoms with van der Waals surface area (Å²) in [4.78, 5) is 29.1. The van der Waals surface area contributed by atoms with Crippen LogP contribution in [0.1, 0.15) is 27.2 Å². The van der Waals surface area contributed by atoms with E-state index in [2.05, 4.69) is 15.5 Å². The monoisotopic (exact) mass is 415 g/mol. The van der Waals surface area contributed by atoms with Gasteiger partial charge in [-0.15, -0.1) is 0 Å². The van der Waals surface area contributed by atoms with Gasteiger partial charge in [0.2, 0.25) is 11.8 Å². The van der Waals surface area contributed by atoms with E-state index in [1.165, 1.54) is 4.90 Å². The van der Waals surface area contributed by atoms with E-state index in [4.69, 9.17) is 10.5 Å². The predicted octanol–water partition coefficient (Wildman–Crippen LogP) is -2.32. The predicted molar refractivity (Wildman–Crippen MR) is 108 cm³/mol. The molecule has 0 aromatic rings. The lowest BCUT2D eigenvalue weighted by Crippen LogP contribution is -2.58. The van der Waals surface area contributed by atoms with Crippen molar-refractivity contribution < 1.29 is 24.5 Å². The van der Waals surface area contributed by atoms with Crippen molar-refractivity contribution in [3.8, 4) is 0 Å². The number of β-amino-alcohol motifs (C(OH)–C–C–N with tert-alkyl or cyclic N) is 1. The lowest BCUT2D eigenvalue weighted by Gasteiger charge is -2.36. The zero-order valence-electron chi connectivity index (χ0n) is 17.8. The molecule has 10 nitrogen and oxygen atoms in total. The fourth-order valence-corrected chi connectivity index (χ4v) is 3.73. The van der Waals surface area contributed by atoms with Crippen molar-refractivity contribution in [3.05, 3.63) is 0 Å². The summed E-state index contributed by atoms with van der Waals surface area (Å²) in [7, 11) is 0. The molecule has 0 aliphatic carbocycles. The second-order valence-electron chi connectivity index (χ2n) is 8.95. The number of hydrogen-bond acceptors (Lipinski definition) is 8. The molecule has 4 atom stereocenters. The average molecular weight is 416 g/mol. The number of aliphatic hydroxyl groups is 2. The van der Waals surface area contributed by atoms with Gasteiger partial charge in [0, 0.05) is 39.3 Å². The Morgan fingerprint density at radius 1 is 1.31 bits per heavy atom. The van der Waals surface area contributed by atoms with Gasteiger partial charge < -0.3 is 36.2 Å². The Morgan fingerprint density at radius 3 is 2.55 bits per heavy atom. The van der Waals surface area contributed by atoms with Gasteiger partial charge in [-0.2, -0.15) is 0 Å². The van der Waals surface area contributed by atoms with E-state index < -0.39 is 29.8 Å². The summed E-state index contributed by atoms with van der Waals surface area (Å²) in [6.07, 6.45) is -1.78. The molecule has 2 amide bonds. The number of aliphatic hydroxyl groups excluding tert-OH is 2. The van der Waals surface area contributed by atoms with Gasteiger partial charge in [-0.1, -0.05) is 20.8 Å². The molecule has 1 unspecified atom stereocenters. The topological polar surface area (TPSA) is 140 Å². The smallest absolute Gasteiger partial charge is 0.246 e. The molecule has 2 saturated heterocycles. The lowest BCUT2D eigenvalue weighted by molar-refractivity contribution is -0.143. The minimum absolute atomic E-state index is 0.0847. The molecule has 6 N–H and O–H groups in total. The van der Waals surface area contributed by atoms with Crippen molar-refractivity contribution in [3.63, 3.8) is 0 Å². The summed E-state index contributed by atoms with van der Waals surface area (Å²) in [5.41, 5.74) is 5.01. The first-order valence-corrected chi connectivity index (χ1v) is 10.3. The highest BCUT2D eigenvalue weighted by Crippen LogP contribution is 2.26. The minimum atomic E-state index is -1.25. The maximum Gasteiger partial charge on any atom is 0.246 e. The van der Waals surface area contributed by atoms with Crippen molar-refractivity contribution in [1.82, 2.24) is 20.4 Å². The van der Waals surface area contributed by atoms with Crippen molar-refractivity contribution in [2.24, 2.45) is 11.1 Å². The van der Waals surface area contributed by atoms with Crippen LogP contribution in [0.15, 0.2) is 0 Å². The largest absolute Gasteiger partial charge is 0.391 e. The van der Waals surface area contributed by atoms with Gasteiger partial charge in [0.25, 0.3) is 0 Å². The Bertz CT molecular complexity index is 548. The Labute approximate surface area is 172 Å². The van der Waals surface area contributed by atoms with Crippen LogP contribution in [0.4, 0.5) is 0 Å². The number of nitrogens with two attached hydrogens (primary N) is 1. The Kier molecular flexibility index (Phi) is 8.80. The van der Waals surface area contributed by atoms with Crippen LogP contribution in [-0.2, 0) is 14.3 Å². The van der Waals surface area contributed by atoms with Gasteiger partial charge in [0.15, 0.2) is 0 Å². The van der Waals surface area contributed by atoms with E-state index in [0.717, 1.165) is 32.7 Å². The molecule has 0 spiro atoms. The molecule has 2 aliphatic heterocycles. The molecule has 0 saturated carbocycles. The first kappa shape index (κ1) is 24.0. The first-order valence-electron chi connectivity index (χ1n) is 10.3. The average Bonchev–Trinajstić information content (AvgIpc) is 3.05. The molecule has 10 heteroatoms. The van der Waals surface area contributed by atoms with Crippen LogP contribution >= 0.6 is 0 Å². The van der Waals surface area contributed by atoms with Gasteiger partial charge in [-0.25, -0.2) is 0 Å². The second-order valence-corrected chi connectivity index (χ2v) is 8.95. The highest BCUT2D eigenvalue weighted by Gasteiger charge is 2.43. The van der Waals surface area contributed by atoms with E-state index in [1.807, 2.05) is 20.8 Å². The molecular weight excluding hydrogens is 378 g/mol. The van der Waals surface area contributed by atoms with Crippen LogP contribution in [0.25, 0.3) is 0 Å². The van der Waals surface area contributed by atoms with Gasteiger partial charge in [0.1, 0.15) is 18.9 Å². The summed E-state index contributed by atoms with van der Waals surface area (Å²) in [5.74, 6) is -0.735. The zero-order valence-corrected chi connectivity index (χ0v) is 17.8. The fraction of sp³-hybridized carbons (Fsp3) is 0.895. The highest BCUT2D eigenvalue weighted by molar-refractivity contribution is 5.89. The normalized spacial score (nSPS) is 25.7. The van der Waals surface area contributed by atoms with E-state index in [-0.39, 0.29) is 31.4 Å². The molecule has 2 rings (SSSR count). The number of rotatable bonds is 8. The highest BCUT2D eigenvalue weighted by atomic mass is 16.5. The van der Waals surface area contributed by atoms with Crippen molar-refractivity contribution in [2.45, 2.75) is 51.6 Å². The van der Waals surface area contributed by atoms with Crippen LogP contribution in [0.2, 0.25) is 0 Å². The summed E-state index contributed by atoms with van der Waals surface area (Å²) in [6, 6.07) is -1.49. The molecule has 0 aromatic carbocycles. The fourth-order valence-electron chi connectivity index (χ4n) is 3.73. The minimum Gasteiger partial charge on any atom is -0.391 e. The summed E-state index contributed by atoms with van der Waals surface area (Å²) in [5, 5.41) is 25.7. The van der Waals surface area contributed by atoms with Crippen molar-refractivity contribution in [2.75, 3.05) is 52.5 Å². The summed E-state index contributed by atoms with van der Waals surface area (Å²) < 4.78 is 5.49.